The zero-order chi connectivity index (χ0) is 10.8. The van der Waals surface area contributed by atoms with Crippen molar-refractivity contribution < 1.29 is 4.79 Å². The standard InChI is InChI=1S/C10H8BrN3O/c1-7(15)10-6-12-13-14(10)9-4-2-3-8(11)5-9/h2-6H,1H3. The molecule has 76 valence electrons. The molecule has 0 radical (unpaired) electrons. The third-order valence-electron chi connectivity index (χ3n) is 1.96. The summed E-state index contributed by atoms with van der Waals surface area (Å²) in [6.45, 7) is 1.49. The summed E-state index contributed by atoms with van der Waals surface area (Å²) in [5.74, 6) is -0.0556. The van der Waals surface area contributed by atoms with Crippen LogP contribution in [0.5, 0.6) is 0 Å². The predicted molar refractivity (Wildman–Crippen MR) is 59.1 cm³/mol. The molecule has 0 N–H and O–H groups in total. The highest BCUT2D eigenvalue weighted by Crippen LogP contribution is 2.15. The van der Waals surface area contributed by atoms with E-state index in [2.05, 4.69) is 26.2 Å². The number of rotatable bonds is 2. The number of hydrogen-bond acceptors (Lipinski definition) is 3. The molecular formula is C10H8BrN3O. The molecule has 0 unspecified atom stereocenters. The van der Waals surface area contributed by atoms with Crippen molar-refractivity contribution in [2.45, 2.75) is 6.92 Å². The minimum Gasteiger partial charge on any atom is -0.293 e. The van der Waals surface area contributed by atoms with Crippen molar-refractivity contribution >= 4 is 21.7 Å². The number of nitrogens with zero attached hydrogens (tertiary/aromatic N) is 3. The van der Waals surface area contributed by atoms with Gasteiger partial charge in [0.2, 0.25) is 0 Å². The second kappa shape index (κ2) is 3.94. The van der Waals surface area contributed by atoms with Crippen LogP contribution < -0.4 is 0 Å². The molecule has 0 fully saturated rings. The van der Waals surface area contributed by atoms with Gasteiger partial charge in [-0.1, -0.05) is 27.2 Å². The van der Waals surface area contributed by atoms with Gasteiger partial charge in [0.05, 0.1) is 11.9 Å². The normalized spacial score (nSPS) is 10.3. The van der Waals surface area contributed by atoms with E-state index in [0.29, 0.717) is 5.69 Å². The topological polar surface area (TPSA) is 47.8 Å². The molecule has 15 heavy (non-hydrogen) atoms. The maximum atomic E-state index is 11.3. The SMILES string of the molecule is CC(=O)c1cnnn1-c1cccc(Br)c1. The summed E-state index contributed by atoms with van der Waals surface area (Å²) < 4.78 is 2.46. The molecule has 5 heteroatoms. The number of hydrogen-bond donors (Lipinski definition) is 0. The third kappa shape index (κ3) is 1.97. The van der Waals surface area contributed by atoms with E-state index >= 15 is 0 Å². The van der Waals surface area contributed by atoms with Gasteiger partial charge in [0.25, 0.3) is 0 Å². The van der Waals surface area contributed by atoms with E-state index in [9.17, 15) is 4.79 Å². The van der Waals surface area contributed by atoms with Crippen LogP contribution in [-0.2, 0) is 0 Å². The monoisotopic (exact) mass is 265 g/mol. The fourth-order valence-electron chi connectivity index (χ4n) is 1.27. The Labute approximate surface area is 95.0 Å². The molecule has 0 saturated carbocycles. The average molecular weight is 266 g/mol. The molecule has 0 bridgehead atoms. The number of benzene rings is 1. The lowest BCUT2D eigenvalue weighted by atomic mass is 10.3. The van der Waals surface area contributed by atoms with Gasteiger partial charge in [-0.2, -0.15) is 0 Å². The van der Waals surface area contributed by atoms with Crippen LogP contribution in [0.25, 0.3) is 5.69 Å². The molecule has 0 aliphatic heterocycles. The molecule has 1 aromatic heterocycles. The molecule has 0 aliphatic rings. The van der Waals surface area contributed by atoms with Crippen LogP contribution in [0.1, 0.15) is 17.4 Å². The number of Topliss-reactive ketones (excluding diaryl/α,β-unsaturated/α-hetero) is 1. The van der Waals surface area contributed by atoms with Crippen molar-refractivity contribution in [3.63, 3.8) is 0 Å². The Morgan fingerprint density at radius 2 is 2.27 bits per heavy atom. The van der Waals surface area contributed by atoms with Crippen molar-refractivity contribution in [2.24, 2.45) is 0 Å². The zero-order valence-corrected chi connectivity index (χ0v) is 9.60. The summed E-state index contributed by atoms with van der Waals surface area (Å²) in [6.07, 6.45) is 1.46. The fraction of sp³-hybridized carbons (Fsp3) is 0.100. The number of ketones is 1. The van der Waals surface area contributed by atoms with Gasteiger partial charge in [-0.15, -0.1) is 5.10 Å². The highest BCUT2D eigenvalue weighted by Gasteiger charge is 2.09. The largest absolute Gasteiger partial charge is 0.293 e. The molecule has 0 amide bonds. The summed E-state index contributed by atoms with van der Waals surface area (Å²) in [4.78, 5) is 11.3. The molecule has 0 spiro atoms. The second-order valence-electron chi connectivity index (χ2n) is 3.07. The Kier molecular flexibility index (Phi) is 2.64. The summed E-state index contributed by atoms with van der Waals surface area (Å²) in [6, 6.07) is 7.53. The third-order valence-corrected chi connectivity index (χ3v) is 2.46. The minimum atomic E-state index is -0.0556. The molecule has 0 saturated heterocycles. The van der Waals surface area contributed by atoms with Crippen LogP contribution in [0, 0.1) is 0 Å². The Morgan fingerprint density at radius 1 is 1.47 bits per heavy atom. The van der Waals surface area contributed by atoms with Gasteiger partial charge in [-0.3, -0.25) is 4.79 Å². The van der Waals surface area contributed by atoms with E-state index in [0.717, 1.165) is 10.2 Å². The van der Waals surface area contributed by atoms with Gasteiger partial charge in [0.15, 0.2) is 5.78 Å². The fourth-order valence-corrected chi connectivity index (χ4v) is 1.66. The molecule has 0 aliphatic carbocycles. The lowest BCUT2D eigenvalue weighted by molar-refractivity contribution is 0.101. The van der Waals surface area contributed by atoms with Crippen LogP contribution >= 0.6 is 15.9 Å². The van der Waals surface area contributed by atoms with E-state index in [1.807, 2.05) is 24.3 Å². The van der Waals surface area contributed by atoms with E-state index in [-0.39, 0.29) is 5.78 Å². The smallest absolute Gasteiger partial charge is 0.179 e. The summed E-state index contributed by atoms with van der Waals surface area (Å²) in [7, 11) is 0. The number of aromatic nitrogens is 3. The molecular weight excluding hydrogens is 258 g/mol. The van der Waals surface area contributed by atoms with Gasteiger partial charge in [-0.05, 0) is 18.2 Å². The van der Waals surface area contributed by atoms with Crippen LogP contribution in [0.3, 0.4) is 0 Å². The highest BCUT2D eigenvalue weighted by molar-refractivity contribution is 9.10. The Balaban J connectivity index is 2.54. The van der Waals surface area contributed by atoms with E-state index in [1.54, 1.807) is 0 Å². The molecule has 2 rings (SSSR count). The average Bonchev–Trinajstić information content (AvgIpc) is 2.65. The van der Waals surface area contributed by atoms with Crippen molar-refractivity contribution in [3.05, 3.63) is 40.6 Å². The molecule has 1 heterocycles. The van der Waals surface area contributed by atoms with Crippen molar-refractivity contribution in [1.29, 1.82) is 0 Å². The molecule has 2 aromatic rings. The van der Waals surface area contributed by atoms with E-state index in [4.69, 9.17) is 0 Å². The minimum absolute atomic E-state index is 0.0556. The maximum absolute atomic E-state index is 11.3. The van der Waals surface area contributed by atoms with Gasteiger partial charge < -0.3 is 0 Å². The summed E-state index contributed by atoms with van der Waals surface area (Å²) in [5, 5.41) is 7.60. The second-order valence-corrected chi connectivity index (χ2v) is 3.98. The Morgan fingerprint density at radius 3 is 2.93 bits per heavy atom. The summed E-state index contributed by atoms with van der Waals surface area (Å²) >= 11 is 3.36. The van der Waals surface area contributed by atoms with Gasteiger partial charge in [0.1, 0.15) is 5.69 Å². The summed E-state index contributed by atoms with van der Waals surface area (Å²) in [5.41, 5.74) is 1.29. The maximum Gasteiger partial charge on any atom is 0.179 e. The van der Waals surface area contributed by atoms with E-state index in [1.165, 1.54) is 17.8 Å². The van der Waals surface area contributed by atoms with Gasteiger partial charge in [0, 0.05) is 11.4 Å². The molecule has 4 nitrogen and oxygen atoms in total. The Hall–Kier alpha value is -1.49. The zero-order valence-electron chi connectivity index (χ0n) is 8.01. The molecule has 0 atom stereocenters. The van der Waals surface area contributed by atoms with Crippen LogP contribution in [0.2, 0.25) is 0 Å². The van der Waals surface area contributed by atoms with Gasteiger partial charge >= 0.3 is 0 Å². The lowest BCUT2D eigenvalue weighted by Gasteiger charge is -2.03. The first-order valence-corrected chi connectivity index (χ1v) is 5.15. The van der Waals surface area contributed by atoms with Crippen LogP contribution in [0.15, 0.2) is 34.9 Å². The quantitative estimate of drug-likeness (QED) is 0.783. The number of halogens is 1. The first kappa shape index (κ1) is 10.0. The number of carbonyl (C=O) groups excluding carboxylic acids is 1. The van der Waals surface area contributed by atoms with Crippen molar-refractivity contribution in [3.8, 4) is 5.69 Å². The lowest BCUT2D eigenvalue weighted by Crippen LogP contribution is -2.05. The van der Waals surface area contributed by atoms with Crippen LogP contribution in [0.4, 0.5) is 0 Å². The first-order valence-electron chi connectivity index (χ1n) is 4.36. The van der Waals surface area contributed by atoms with Crippen molar-refractivity contribution in [1.82, 2.24) is 15.0 Å². The van der Waals surface area contributed by atoms with Gasteiger partial charge in [-0.25, -0.2) is 4.68 Å². The Bertz CT molecular complexity index is 507. The molecule has 1 aromatic carbocycles. The predicted octanol–water partition coefficient (Wildman–Crippen LogP) is 2.23. The highest BCUT2D eigenvalue weighted by atomic mass is 79.9. The van der Waals surface area contributed by atoms with Crippen LogP contribution in [-0.4, -0.2) is 20.8 Å². The first-order chi connectivity index (χ1) is 7.18. The number of carbonyl (C=O) groups is 1. The van der Waals surface area contributed by atoms with E-state index < -0.39 is 0 Å². The van der Waals surface area contributed by atoms with Crippen molar-refractivity contribution in [2.75, 3.05) is 0 Å².